The molecule has 0 radical (unpaired) electrons. The van der Waals surface area contributed by atoms with Crippen molar-refractivity contribution in [1.29, 1.82) is 0 Å². The lowest BCUT2D eigenvalue weighted by Crippen LogP contribution is -2.42. The maximum absolute atomic E-state index is 12.1. The summed E-state index contributed by atoms with van der Waals surface area (Å²) in [7, 11) is 1.54. The van der Waals surface area contributed by atoms with Gasteiger partial charge in [0, 0.05) is 23.1 Å². The molecule has 1 aliphatic rings. The maximum atomic E-state index is 12.1. The summed E-state index contributed by atoms with van der Waals surface area (Å²) in [6.07, 6.45) is 1.45. The van der Waals surface area contributed by atoms with E-state index in [0.717, 1.165) is 12.8 Å². The van der Waals surface area contributed by atoms with E-state index in [9.17, 15) is 13.2 Å². The molecule has 1 unspecified atom stereocenters. The molecule has 116 valence electrons. The first-order chi connectivity index (χ1) is 9.85. The van der Waals surface area contributed by atoms with E-state index in [-0.39, 0.29) is 16.8 Å². The number of ether oxygens (including phenoxy) is 1. The van der Waals surface area contributed by atoms with Gasteiger partial charge in [0.05, 0.1) is 4.90 Å². The van der Waals surface area contributed by atoms with E-state index in [0.29, 0.717) is 17.7 Å². The lowest BCUT2D eigenvalue weighted by Gasteiger charge is -2.17. The van der Waals surface area contributed by atoms with E-state index in [1.165, 1.54) is 18.2 Å². The van der Waals surface area contributed by atoms with Gasteiger partial charge >= 0.3 is 0 Å². The van der Waals surface area contributed by atoms with Gasteiger partial charge in [-0.2, -0.15) is 0 Å². The van der Waals surface area contributed by atoms with Gasteiger partial charge in [0.25, 0.3) is 15.0 Å². The summed E-state index contributed by atoms with van der Waals surface area (Å²) >= 11 is 0. The molecule has 1 aromatic rings. The van der Waals surface area contributed by atoms with Gasteiger partial charge < -0.3 is 10.1 Å². The van der Waals surface area contributed by atoms with E-state index in [4.69, 9.17) is 15.4 Å². The normalized spacial score (nSPS) is 17.4. The Kier molecular flexibility index (Phi) is 4.78. The van der Waals surface area contributed by atoms with Gasteiger partial charge in [-0.25, -0.2) is 8.42 Å². The van der Waals surface area contributed by atoms with E-state index < -0.39 is 15.2 Å². The zero-order valence-corrected chi connectivity index (χ0v) is 13.5. The average Bonchev–Trinajstić information content (AvgIpc) is 2.86. The highest BCUT2D eigenvalue weighted by Crippen LogP contribution is 2.31. The smallest absolute Gasteiger partial charge is 0.261 e. The van der Waals surface area contributed by atoms with Crippen molar-refractivity contribution < 1.29 is 17.9 Å². The summed E-state index contributed by atoms with van der Waals surface area (Å²) in [5.74, 6) is 0.360. The fraction of sp³-hybridized carbons (Fsp3) is 0.500. The lowest BCUT2D eigenvalue weighted by atomic mass is 10.1. The quantitative estimate of drug-likeness (QED) is 0.840. The van der Waals surface area contributed by atoms with Crippen molar-refractivity contribution in [2.75, 3.05) is 0 Å². The van der Waals surface area contributed by atoms with E-state index in [1.54, 1.807) is 0 Å². The van der Waals surface area contributed by atoms with E-state index in [1.807, 2.05) is 13.8 Å². The molecule has 1 aromatic carbocycles. The molecule has 1 aliphatic heterocycles. The predicted molar refractivity (Wildman–Crippen MR) is 80.1 cm³/mol. The number of benzene rings is 1. The third-order valence-corrected chi connectivity index (χ3v) is 4.96. The first-order valence-corrected chi connectivity index (χ1v) is 9.20. The zero-order chi connectivity index (χ0) is 15.6. The Morgan fingerprint density at radius 2 is 2.10 bits per heavy atom. The third-order valence-electron chi connectivity index (χ3n) is 3.61. The molecule has 2 rings (SSSR count). The average molecular weight is 332 g/mol. The molecule has 0 spiro atoms. The third kappa shape index (κ3) is 3.68. The summed E-state index contributed by atoms with van der Waals surface area (Å²) in [5, 5.41) is 2.93. The van der Waals surface area contributed by atoms with Crippen LogP contribution in [0.5, 0.6) is 5.75 Å². The number of carbonyl (C=O) groups is 1. The molecule has 0 saturated carbocycles. The molecule has 5 nitrogen and oxygen atoms in total. The van der Waals surface area contributed by atoms with Crippen LogP contribution in [0.25, 0.3) is 0 Å². The molecule has 0 fully saturated rings. The summed E-state index contributed by atoms with van der Waals surface area (Å²) in [5.41, 5.74) is 0.682. The van der Waals surface area contributed by atoms with Crippen LogP contribution in [0.3, 0.4) is 0 Å². The second-order valence-corrected chi connectivity index (χ2v) is 7.61. The minimum Gasteiger partial charge on any atom is -0.480 e. The summed E-state index contributed by atoms with van der Waals surface area (Å²) in [6, 6.07) is 4.50. The fourth-order valence-corrected chi connectivity index (χ4v) is 3.11. The molecule has 1 heterocycles. The van der Waals surface area contributed by atoms with Gasteiger partial charge in [0.1, 0.15) is 5.75 Å². The minimum atomic E-state index is -3.77. The molecule has 1 amide bonds. The van der Waals surface area contributed by atoms with Crippen molar-refractivity contribution in [1.82, 2.24) is 5.32 Å². The Hall–Kier alpha value is -1.27. The number of rotatable bonds is 5. The molecule has 1 N–H and O–H groups in total. The number of hydrogen-bond acceptors (Lipinski definition) is 4. The summed E-state index contributed by atoms with van der Waals surface area (Å²) < 4.78 is 28.2. The summed E-state index contributed by atoms with van der Waals surface area (Å²) in [4.78, 5) is 12.2. The first kappa shape index (κ1) is 16.1. The summed E-state index contributed by atoms with van der Waals surface area (Å²) in [6.45, 7) is 4.02. The highest BCUT2D eigenvalue weighted by Gasteiger charge is 2.30. The van der Waals surface area contributed by atoms with Gasteiger partial charge in [0.2, 0.25) is 0 Å². The van der Waals surface area contributed by atoms with Gasteiger partial charge in [0.15, 0.2) is 6.10 Å². The molecule has 0 bridgehead atoms. The fourth-order valence-electron chi connectivity index (χ4n) is 2.31. The van der Waals surface area contributed by atoms with Crippen LogP contribution in [0.4, 0.5) is 0 Å². The first-order valence-electron chi connectivity index (χ1n) is 6.89. The number of fused-ring (bicyclic) bond motifs is 1. The predicted octanol–water partition coefficient (Wildman–Crippen LogP) is 2.22. The Morgan fingerprint density at radius 3 is 2.67 bits per heavy atom. The number of carbonyl (C=O) groups excluding carboxylic acids is 1. The van der Waals surface area contributed by atoms with Crippen LogP contribution in [-0.2, 0) is 20.3 Å². The molecule has 1 atom stereocenters. The second-order valence-electron chi connectivity index (χ2n) is 5.04. The Labute approximate surface area is 129 Å². The number of amides is 1. The maximum Gasteiger partial charge on any atom is 0.261 e. The zero-order valence-electron chi connectivity index (χ0n) is 11.9. The molecule has 7 heteroatoms. The van der Waals surface area contributed by atoms with Crippen LogP contribution in [0.1, 0.15) is 32.3 Å². The van der Waals surface area contributed by atoms with E-state index >= 15 is 0 Å². The van der Waals surface area contributed by atoms with Gasteiger partial charge in [-0.15, -0.1) is 0 Å². The topological polar surface area (TPSA) is 72.5 Å². The number of halogens is 1. The largest absolute Gasteiger partial charge is 0.480 e. The van der Waals surface area contributed by atoms with Crippen molar-refractivity contribution in [2.24, 2.45) is 0 Å². The van der Waals surface area contributed by atoms with Crippen molar-refractivity contribution in [3.05, 3.63) is 23.8 Å². The molecular formula is C14H18ClNO4S. The lowest BCUT2D eigenvalue weighted by molar-refractivity contribution is -0.128. The molecule has 0 aromatic heterocycles. The van der Waals surface area contributed by atoms with Crippen molar-refractivity contribution >= 4 is 25.6 Å². The van der Waals surface area contributed by atoms with Gasteiger partial charge in [-0.3, -0.25) is 4.79 Å². The van der Waals surface area contributed by atoms with Crippen LogP contribution >= 0.6 is 10.7 Å². The Balaban J connectivity index is 2.11. The molecule has 0 aliphatic carbocycles. The number of hydrogen-bond donors (Lipinski definition) is 1. The minimum absolute atomic E-state index is 0.0209. The second kappa shape index (κ2) is 6.23. The Morgan fingerprint density at radius 1 is 1.43 bits per heavy atom. The van der Waals surface area contributed by atoms with Crippen LogP contribution in [0, 0.1) is 0 Å². The van der Waals surface area contributed by atoms with Crippen molar-refractivity contribution in [2.45, 2.75) is 50.2 Å². The highest BCUT2D eigenvalue weighted by molar-refractivity contribution is 8.13. The number of nitrogens with one attached hydrogen (secondary N) is 1. The standard InChI is InChI=1S/C14H18ClNO4S/c1-3-10(4-2)16-14(17)13-8-9-7-11(21(15,18)19)5-6-12(9)20-13/h5-7,10,13H,3-4,8H2,1-2H3,(H,16,17). The van der Waals surface area contributed by atoms with Crippen LogP contribution < -0.4 is 10.1 Å². The highest BCUT2D eigenvalue weighted by atomic mass is 35.7. The monoisotopic (exact) mass is 331 g/mol. The van der Waals surface area contributed by atoms with E-state index in [2.05, 4.69) is 5.32 Å². The molecule has 21 heavy (non-hydrogen) atoms. The molecular weight excluding hydrogens is 314 g/mol. The van der Waals surface area contributed by atoms with Crippen LogP contribution in [0.15, 0.2) is 23.1 Å². The van der Waals surface area contributed by atoms with Crippen LogP contribution in [-0.4, -0.2) is 26.5 Å². The van der Waals surface area contributed by atoms with Gasteiger partial charge in [-0.1, -0.05) is 13.8 Å². The van der Waals surface area contributed by atoms with Crippen LogP contribution in [0.2, 0.25) is 0 Å². The molecule has 0 saturated heterocycles. The van der Waals surface area contributed by atoms with Gasteiger partial charge in [-0.05, 0) is 36.6 Å². The van der Waals surface area contributed by atoms with Crippen molar-refractivity contribution in [3.8, 4) is 5.75 Å². The van der Waals surface area contributed by atoms with Crippen molar-refractivity contribution in [3.63, 3.8) is 0 Å². The Bertz CT molecular complexity index is 640. The SMILES string of the molecule is CCC(CC)NC(=O)C1Cc2cc(S(=O)(=O)Cl)ccc2O1.